The average Bonchev–Trinajstić information content (AvgIpc) is 2.37. The maximum absolute atomic E-state index is 12.3. The molecule has 0 amide bonds. The van der Waals surface area contributed by atoms with E-state index in [9.17, 15) is 9.59 Å². The van der Waals surface area contributed by atoms with E-state index in [1.54, 1.807) is 13.8 Å². The third-order valence-corrected chi connectivity index (χ3v) is 3.12. The predicted octanol–water partition coefficient (Wildman–Crippen LogP) is 3.84. The smallest absolute Gasteiger partial charge is 0.310 e. The molecular weight excluding hydrogens is 292 g/mol. The molecule has 0 radical (unpaired) electrons. The Morgan fingerprint density at radius 1 is 1.09 bits per heavy atom. The first-order valence-corrected chi connectivity index (χ1v) is 8.04. The van der Waals surface area contributed by atoms with Crippen molar-refractivity contribution < 1.29 is 19.1 Å². The molecule has 1 atom stereocenters. The van der Waals surface area contributed by atoms with Gasteiger partial charge in [0, 0.05) is 0 Å². The Kier molecular flexibility index (Phi) is 6.79. The second-order valence-electron chi connectivity index (χ2n) is 7.16. The maximum Gasteiger partial charge on any atom is 0.310 e. The van der Waals surface area contributed by atoms with Gasteiger partial charge in [0.15, 0.2) is 0 Å². The van der Waals surface area contributed by atoms with Crippen LogP contribution < -0.4 is 0 Å². The minimum absolute atomic E-state index is 0.0245. The van der Waals surface area contributed by atoms with Gasteiger partial charge in [-0.3, -0.25) is 9.59 Å². The van der Waals surface area contributed by atoms with Crippen LogP contribution in [0.2, 0.25) is 0 Å². The summed E-state index contributed by atoms with van der Waals surface area (Å²) in [5.41, 5.74) is 1.60. The molecular formula is C19H28O4. The summed E-state index contributed by atoms with van der Waals surface area (Å²) < 4.78 is 10.6. The van der Waals surface area contributed by atoms with Crippen LogP contribution in [0.5, 0.6) is 0 Å². The van der Waals surface area contributed by atoms with E-state index in [0.29, 0.717) is 6.42 Å². The summed E-state index contributed by atoms with van der Waals surface area (Å²) in [6.45, 7) is 11.0. The van der Waals surface area contributed by atoms with Crippen LogP contribution in [0, 0.1) is 12.8 Å². The number of esters is 2. The summed E-state index contributed by atoms with van der Waals surface area (Å²) in [4.78, 5) is 24.4. The Morgan fingerprint density at radius 3 is 2.13 bits per heavy atom. The van der Waals surface area contributed by atoms with Gasteiger partial charge in [-0.2, -0.15) is 0 Å². The van der Waals surface area contributed by atoms with Crippen molar-refractivity contribution in [3.8, 4) is 0 Å². The highest BCUT2D eigenvalue weighted by Gasteiger charge is 2.27. The number of hydrogen-bond acceptors (Lipinski definition) is 4. The zero-order chi connectivity index (χ0) is 17.6. The van der Waals surface area contributed by atoms with Gasteiger partial charge >= 0.3 is 11.9 Å². The lowest BCUT2D eigenvalue weighted by molar-refractivity contribution is -0.163. The van der Waals surface area contributed by atoms with E-state index in [4.69, 9.17) is 9.47 Å². The Morgan fingerprint density at radius 2 is 1.65 bits per heavy atom. The van der Waals surface area contributed by atoms with Crippen LogP contribution in [0.4, 0.5) is 0 Å². The Balaban J connectivity index is 2.82. The number of carbonyl (C=O) groups excluding carboxylic acids is 2. The Labute approximate surface area is 139 Å². The first-order chi connectivity index (χ1) is 10.6. The van der Waals surface area contributed by atoms with E-state index in [0.717, 1.165) is 11.1 Å². The van der Waals surface area contributed by atoms with Crippen LogP contribution in [-0.2, 0) is 25.5 Å². The number of benzene rings is 1. The molecule has 0 fully saturated rings. The molecule has 0 aliphatic carbocycles. The molecule has 1 rings (SSSR count). The van der Waals surface area contributed by atoms with Crippen LogP contribution in [0.1, 0.15) is 52.2 Å². The fourth-order valence-corrected chi connectivity index (χ4v) is 2.16. The fraction of sp³-hybridized carbons (Fsp3) is 0.579. The Hall–Kier alpha value is -1.84. The monoisotopic (exact) mass is 320 g/mol. The van der Waals surface area contributed by atoms with Gasteiger partial charge in [0.05, 0.1) is 18.4 Å². The number of hydrogen-bond donors (Lipinski definition) is 0. The second-order valence-corrected chi connectivity index (χ2v) is 7.16. The summed E-state index contributed by atoms with van der Waals surface area (Å²) in [7, 11) is 0. The van der Waals surface area contributed by atoms with E-state index >= 15 is 0 Å². The molecule has 4 nitrogen and oxygen atoms in total. The van der Waals surface area contributed by atoms with Crippen molar-refractivity contribution in [2.45, 2.75) is 66.1 Å². The molecule has 1 aromatic rings. The molecule has 4 heteroatoms. The SMILES string of the molecule is Cc1ccc(C[C@@H](CC(=O)OC(C)(C)C)C(=O)OC(C)C)cc1. The quantitative estimate of drug-likeness (QED) is 0.747. The van der Waals surface area contributed by atoms with Crippen LogP contribution in [0.15, 0.2) is 24.3 Å². The summed E-state index contributed by atoms with van der Waals surface area (Å²) in [5.74, 6) is -1.27. The highest BCUT2D eigenvalue weighted by molar-refractivity contribution is 5.80. The number of carbonyl (C=O) groups is 2. The first kappa shape index (κ1) is 19.2. The van der Waals surface area contributed by atoms with Crippen LogP contribution in [0.25, 0.3) is 0 Å². The van der Waals surface area contributed by atoms with Gasteiger partial charge in [-0.1, -0.05) is 29.8 Å². The largest absolute Gasteiger partial charge is 0.463 e. The van der Waals surface area contributed by atoms with Crippen molar-refractivity contribution in [3.05, 3.63) is 35.4 Å². The molecule has 0 unspecified atom stereocenters. The molecule has 0 saturated heterocycles. The molecule has 0 spiro atoms. The van der Waals surface area contributed by atoms with Crippen LogP contribution in [-0.4, -0.2) is 23.6 Å². The third kappa shape index (κ3) is 7.82. The van der Waals surface area contributed by atoms with Gasteiger partial charge < -0.3 is 9.47 Å². The standard InChI is InChI=1S/C19H28O4/c1-13(2)22-18(21)16(12-17(20)23-19(4,5)6)11-15-9-7-14(3)8-10-15/h7-10,13,16H,11-12H2,1-6H3/t16-/m0/s1. The molecule has 0 saturated carbocycles. The minimum atomic E-state index is -0.562. The van der Waals surface area contributed by atoms with E-state index in [1.165, 1.54) is 0 Å². The summed E-state index contributed by atoms with van der Waals surface area (Å²) >= 11 is 0. The van der Waals surface area contributed by atoms with E-state index < -0.39 is 11.5 Å². The molecule has 0 heterocycles. The maximum atomic E-state index is 12.3. The highest BCUT2D eigenvalue weighted by atomic mass is 16.6. The van der Waals surface area contributed by atoms with Gasteiger partial charge in [-0.15, -0.1) is 0 Å². The lowest BCUT2D eigenvalue weighted by Crippen LogP contribution is -2.30. The topological polar surface area (TPSA) is 52.6 Å². The lowest BCUT2D eigenvalue weighted by atomic mass is 9.95. The minimum Gasteiger partial charge on any atom is -0.463 e. The van der Waals surface area contributed by atoms with Crippen molar-refractivity contribution in [2.75, 3.05) is 0 Å². The number of aryl methyl sites for hydroxylation is 1. The van der Waals surface area contributed by atoms with Gasteiger partial charge in [0.1, 0.15) is 5.60 Å². The normalized spacial score (nSPS) is 12.8. The molecule has 0 aliphatic rings. The average molecular weight is 320 g/mol. The van der Waals surface area contributed by atoms with Crippen molar-refractivity contribution >= 4 is 11.9 Å². The second kappa shape index (κ2) is 8.14. The highest BCUT2D eigenvalue weighted by Crippen LogP contribution is 2.19. The fourth-order valence-electron chi connectivity index (χ4n) is 2.16. The number of rotatable bonds is 6. The van der Waals surface area contributed by atoms with Crippen molar-refractivity contribution in [2.24, 2.45) is 5.92 Å². The van der Waals surface area contributed by atoms with Crippen molar-refractivity contribution in [1.29, 1.82) is 0 Å². The Bertz CT molecular complexity index is 523. The van der Waals surface area contributed by atoms with E-state index in [2.05, 4.69) is 0 Å². The summed E-state index contributed by atoms with van der Waals surface area (Å²) in [5, 5.41) is 0. The first-order valence-electron chi connectivity index (χ1n) is 8.04. The predicted molar refractivity (Wildman–Crippen MR) is 90.1 cm³/mol. The van der Waals surface area contributed by atoms with E-state index in [-0.39, 0.29) is 24.5 Å². The molecule has 0 bridgehead atoms. The van der Waals surface area contributed by atoms with E-state index in [1.807, 2.05) is 52.0 Å². The zero-order valence-electron chi connectivity index (χ0n) is 15.0. The van der Waals surface area contributed by atoms with Crippen molar-refractivity contribution in [1.82, 2.24) is 0 Å². The third-order valence-electron chi connectivity index (χ3n) is 3.12. The van der Waals surface area contributed by atoms with Gasteiger partial charge in [0.25, 0.3) is 0 Å². The van der Waals surface area contributed by atoms with Gasteiger partial charge in [0.2, 0.25) is 0 Å². The number of ether oxygens (including phenoxy) is 2. The van der Waals surface area contributed by atoms with Gasteiger partial charge in [-0.25, -0.2) is 0 Å². The molecule has 0 aromatic heterocycles. The zero-order valence-corrected chi connectivity index (χ0v) is 15.0. The van der Waals surface area contributed by atoms with Gasteiger partial charge in [-0.05, 0) is 53.5 Å². The van der Waals surface area contributed by atoms with Crippen molar-refractivity contribution in [3.63, 3.8) is 0 Å². The van der Waals surface area contributed by atoms with Crippen LogP contribution in [0.3, 0.4) is 0 Å². The van der Waals surface area contributed by atoms with Crippen LogP contribution >= 0.6 is 0 Å². The molecule has 1 aromatic carbocycles. The molecule has 128 valence electrons. The summed E-state index contributed by atoms with van der Waals surface area (Å²) in [6.07, 6.45) is 0.281. The molecule has 0 aliphatic heterocycles. The summed E-state index contributed by atoms with van der Waals surface area (Å²) in [6, 6.07) is 7.93. The molecule has 0 N–H and O–H groups in total. The molecule has 23 heavy (non-hydrogen) atoms. The lowest BCUT2D eigenvalue weighted by Gasteiger charge is -2.22.